The molecule has 0 saturated carbocycles. The summed E-state index contributed by atoms with van der Waals surface area (Å²) < 4.78 is 24.9. The SMILES string of the molecule is Cc1cc(C)c(B(c2c(C)cc(C)cc2C)c2ccc3ccc4c(N(c5c(F)cc(-c6ccccc6)cc5-c5ccccc5)c5cccc6c5oc5ccccc56)ccc5ccc2c3c54)c(C)c1. The topological polar surface area (TPSA) is 16.4 Å². The number of para-hydroxylation sites is 2. The first-order chi connectivity index (χ1) is 33.1. The predicted molar refractivity (Wildman–Crippen MR) is 289 cm³/mol. The molecule has 12 aromatic rings. The maximum absolute atomic E-state index is 18.1. The Bertz CT molecular complexity index is 3840. The van der Waals surface area contributed by atoms with E-state index >= 15 is 4.39 Å². The number of aryl methyl sites for hydroxylation is 6. The van der Waals surface area contributed by atoms with Crippen LogP contribution in [-0.4, -0.2) is 6.71 Å². The van der Waals surface area contributed by atoms with Gasteiger partial charge in [-0.2, -0.15) is 0 Å². The summed E-state index contributed by atoms with van der Waals surface area (Å²) in [5.74, 6) is -0.332. The second kappa shape index (κ2) is 16.1. The largest absolute Gasteiger partial charge is 0.454 e. The Balaban J connectivity index is 1.18. The molecule has 0 spiro atoms. The number of nitrogens with zero attached hydrogens (tertiary/aromatic N) is 1. The minimum absolute atomic E-state index is 0.00641. The van der Waals surface area contributed by atoms with Gasteiger partial charge in [-0.15, -0.1) is 0 Å². The van der Waals surface area contributed by atoms with E-state index in [1.165, 1.54) is 65.9 Å². The molecular weight excluding hydrogens is 829 g/mol. The van der Waals surface area contributed by atoms with Gasteiger partial charge < -0.3 is 9.32 Å². The van der Waals surface area contributed by atoms with E-state index in [1.807, 2.05) is 66.7 Å². The lowest BCUT2D eigenvalue weighted by Crippen LogP contribution is -2.56. The number of halogens is 1. The fraction of sp³-hybridized carbons (Fsp3) is 0.0938. The van der Waals surface area contributed by atoms with Crippen molar-refractivity contribution >= 4 is 94.4 Å². The van der Waals surface area contributed by atoms with Gasteiger partial charge in [0.15, 0.2) is 5.58 Å². The Morgan fingerprint density at radius 3 is 1.63 bits per heavy atom. The summed E-state index contributed by atoms with van der Waals surface area (Å²) in [4.78, 5) is 2.13. The van der Waals surface area contributed by atoms with E-state index in [4.69, 9.17) is 4.42 Å². The van der Waals surface area contributed by atoms with E-state index < -0.39 is 0 Å². The van der Waals surface area contributed by atoms with E-state index in [1.54, 1.807) is 6.07 Å². The van der Waals surface area contributed by atoms with E-state index in [9.17, 15) is 0 Å². The molecule has 0 bridgehead atoms. The van der Waals surface area contributed by atoms with Gasteiger partial charge in [0.2, 0.25) is 6.71 Å². The van der Waals surface area contributed by atoms with Crippen molar-refractivity contribution in [2.45, 2.75) is 41.5 Å². The first kappa shape index (κ1) is 41.5. The zero-order valence-corrected chi connectivity index (χ0v) is 39.2. The fourth-order valence-electron chi connectivity index (χ4n) is 11.7. The molecule has 0 amide bonds. The fourth-order valence-corrected chi connectivity index (χ4v) is 11.7. The number of rotatable bonds is 8. The van der Waals surface area contributed by atoms with Crippen molar-refractivity contribution in [2.75, 3.05) is 4.90 Å². The van der Waals surface area contributed by atoms with Crippen LogP contribution in [0.15, 0.2) is 192 Å². The molecule has 0 aliphatic carbocycles. The number of anilines is 3. The molecule has 1 heterocycles. The zero-order valence-electron chi connectivity index (χ0n) is 39.2. The third kappa shape index (κ3) is 6.61. The molecule has 0 fully saturated rings. The molecule has 1 aromatic heterocycles. The van der Waals surface area contributed by atoms with E-state index in [-0.39, 0.29) is 12.5 Å². The summed E-state index contributed by atoms with van der Waals surface area (Å²) >= 11 is 0. The first-order valence-electron chi connectivity index (χ1n) is 23.6. The van der Waals surface area contributed by atoms with Crippen molar-refractivity contribution in [3.63, 3.8) is 0 Å². The van der Waals surface area contributed by atoms with E-state index in [0.29, 0.717) is 11.3 Å². The van der Waals surface area contributed by atoms with Gasteiger partial charge in [0.1, 0.15) is 11.4 Å². The van der Waals surface area contributed by atoms with Gasteiger partial charge in [-0.3, -0.25) is 0 Å². The molecule has 12 rings (SSSR count). The molecule has 0 saturated heterocycles. The molecule has 0 N–H and O–H groups in total. The van der Waals surface area contributed by atoms with Gasteiger partial charge >= 0.3 is 0 Å². The molecule has 68 heavy (non-hydrogen) atoms. The maximum Gasteiger partial charge on any atom is 0.243 e. The highest BCUT2D eigenvalue weighted by Gasteiger charge is 2.32. The number of benzene rings is 11. The van der Waals surface area contributed by atoms with Crippen molar-refractivity contribution < 1.29 is 8.81 Å². The Labute approximate surface area is 397 Å². The summed E-state index contributed by atoms with van der Waals surface area (Å²) in [6.07, 6.45) is 0. The van der Waals surface area contributed by atoms with Crippen molar-refractivity contribution in [1.29, 1.82) is 0 Å². The predicted octanol–water partition coefficient (Wildman–Crippen LogP) is 15.8. The van der Waals surface area contributed by atoms with Crippen LogP contribution in [0.5, 0.6) is 0 Å². The molecule has 326 valence electrons. The van der Waals surface area contributed by atoms with Crippen LogP contribution in [0.1, 0.15) is 33.4 Å². The summed E-state index contributed by atoms with van der Waals surface area (Å²) in [6, 6.07) is 66.0. The molecule has 11 aromatic carbocycles. The average Bonchev–Trinajstić information content (AvgIpc) is 3.73. The quantitative estimate of drug-likeness (QED) is 0.112. The lowest BCUT2D eigenvalue weighted by Gasteiger charge is -2.30. The third-order valence-corrected chi connectivity index (χ3v) is 14.4. The second-order valence-electron chi connectivity index (χ2n) is 18.9. The average molecular weight is 878 g/mol. The monoisotopic (exact) mass is 877 g/mol. The second-order valence-corrected chi connectivity index (χ2v) is 18.9. The molecule has 0 aliphatic rings. The third-order valence-electron chi connectivity index (χ3n) is 14.4. The summed E-state index contributed by atoms with van der Waals surface area (Å²) in [5, 5.41) is 8.89. The normalized spacial score (nSPS) is 11.8. The summed E-state index contributed by atoms with van der Waals surface area (Å²) in [6.45, 7) is 13.5. The Morgan fingerprint density at radius 1 is 0.426 bits per heavy atom. The van der Waals surface area contributed by atoms with Crippen LogP contribution in [0.4, 0.5) is 21.5 Å². The van der Waals surface area contributed by atoms with Crippen LogP contribution in [-0.2, 0) is 0 Å². The molecule has 0 atom stereocenters. The summed E-state index contributed by atoms with van der Waals surface area (Å²) in [7, 11) is 0. The van der Waals surface area contributed by atoms with Crippen molar-refractivity contribution in [3.8, 4) is 22.3 Å². The maximum atomic E-state index is 18.1. The number of fused-ring (bicyclic) bond motifs is 3. The number of hydrogen-bond donors (Lipinski definition) is 0. The highest BCUT2D eigenvalue weighted by Crippen LogP contribution is 2.50. The molecule has 2 nitrogen and oxygen atoms in total. The van der Waals surface area contributed by atoms with Crippen molar-refractivity contribution in [3.05, 3.63) is 227 Å². The lowest BCUT2D eigenvalue weighted by atomic mass is 9.33. The van der Waals surface area contributed by atoms with Gasteiger partial charge in [0, 0.05) is 21.7 Å². The van der Waals surface area contributed by atoms with Gasteiger partial charge in [0.05, 0.1) is 17.1 Å². The van der Waals surface area contributed by atoms with Crippen molar-refractivity contribution in [2.24, 2.45) is 0 Å². The summed E-state index contributed by atoms with van der Waals surface area (Å²) in [5.41, 5.74) is 18.7. The minimum Gasteiger partial charge on any atom is -0.454 e. The van der Waals surface area contributed by atoms with Gasteiger partial charge in [-0.05, 0) is 115 Å². The lowest BCUT2D eigenvalue weighted by molar-refractivity contribution is 0.629. The van der Waals surface area contributed by atoms with E-state index in [2.05, 4.69) is 162 Å². The molecule has 0 unspecified atom stereocenters. The Morgan fingerprint density at radius 2 is 0.971 bits per heavy atom. The standard InChI is InChI=1S/C64H49BFNO/c1-38-32-40(3)61(41(4)33-38)65(62-42(5)34-39(2)35-43(62)6)54-30-26-46-25-29-52-56(31-27-47-24-28-51(54)59(46)60(47)52)67(57-22-15-21-50-49-20-13-14-23-58(49)68-64(50)57)63-53(45-18-11-8-12-19-45)36-48(37-55(63)66)44-16-9-7-10-17-44/h7-37H,1-6H3. The first-order valence-corrected chi connectivity index (χ1v) is 23.6. The molecule has 4 heteroatoms. The Hall–Kier alpha value is -7.95. The molecule has 0 radical (unpaired) electrons. The molecule has 0 aliphatic heterocycles. The van der Waals surface area contributed by atoms with Crippen molar-refractivity contribution in [1.82, 2.24) is 0 Å². The van der Waals surface area contributed by atoms with Gasteiger partial charge in [-0.1, -0.05) is 207 Å². The number of hydrogen-bond acceptors (Lipinski definition) is 2. The van der Waals surface area contributed by atoms with Crippen LogP contribution in [0.2, 0.25) is 0 Å². The number of furan rings is 1. The Kier molecular flexibility index (Phi) is 9.85. The van der Waals surface area contributed by atoms with Crippen LogP contribution in [0.25, 0.3) is 76.5 Å². The van der Waals surface area contributed by atoms with E-state index in [0.717, 1.165) is 66.1 Å². The van der Waals surface area contributed by atoms with Crippen LogP contribution in [0, 0.1) is 47.4 Å². The van der Waals surface area contributed by atoms with Crippen LogP contribution in [0.3, 0.4) is 0 Å². The highest BCUT2D eigenvalue weighted by atomic mass is 19.1. The molecular formula is C64H49BFNO. The highest BCUT2D eigenvalue weighted by molar-refractivity contribution is 6.98. The van der Waals surface area contributed by atoms with Crippen LogP contribution >= 0.6 is 0 Å². The smallest absolute Gasteiger partial charge is 0.243 e. The minimum atomic E-state index is -0.332. The van der Waals surface area contributed by atoms with Gasteiger partial charge in [0.25, 0.3) is 0 Å². The van der Waals surface area contributed by atoms with Crippen LogP contribution < -0.4 is 21.3 Å². The zero-order chi connectivity index (χ0) is 46.4. The van der Waals surface area contributed by atoms with Gasteiger partial charge in [-0.25, -0.2) is 4.39 Å².